The number of hydrogen-bond donors (Lipinski definition) is 3. The summed E-state index contributed by atoms with van der Waals surface area (Å²) in [5.74, 6) is -0.891. The topological polar surface area (TPSA) is 78.4 Å². The quantitative estimate of drug-likeness (QED) is 0.708. The summed E-state index contributed by atoms with van der Waals surface area (Å²) in [5.41, 5.74) is -0.198. The third kappa shape index (κ3) is 6.57. The van der Waals surface area contributed by atoms with E-state index < -0.39 is 5.97 Å². The van der Waals surface area contributed by atoms with E-state index in [0.29, 0.717) is 19.4 Å². The lowest BCUT2D eigenvalue weighted by Gasteiger charge is -2.27. The van der Waals surface area contributed by atoms with Crippen LogP contribution in [0.4, 0.5) is 0 Å². The SMILES string of the molecule is CC(C)(C)NC(=O)CCNC1CCCC(C(=O)O)C1. The summed E-state index contributed by atoms with van der Waals surface area (Å²) >= 11 is 0. The minimum atomic E-state index is -0.697. The van der Waals surface area contributed by atoms with Crippen LogP contribution in [0.2, 0.25) is 0 Å². The van der Waals surface area contributed by atoms with Gasteiger partial charge in [-0.2, -0.15) is 0 Å². The van der Waals surface area contributed by atoms with Crippen molar-refractivity contribution in [1.82, 2.24) is 10.6 Å². The van der Waals surface area contributed by atoms with Gasteiger partial charge in [0.1, 0.15) is 0 Å². The van der Waals surface area contributed by atoms with Crippen molar-refractivity contribution in [2.24, 2.45) is 5.92 Å². The molecule has 0 aliphatic heterocycles. The summed E-state index contributed by atoms with van der Waals surface area (Å²) in [6.07, 6.45) is 3.84. The number of carbonyl (C=O) groups excluding carboxylic acids is 1. The van der Waals surface area contributed by atoms with E-state index in [9.17, 15) is 9.59 Å². The molecule has 0 saturated heterocycles. The van der Waals surface area contributed by atoms with Crippen molar-refractivity contribution in [3.63, 3.8) is 0 Å². The molecule has 1 aliphatic carbocycles. The Hall–Kier alpha value is -1.10. The van der Waals surface area contributed by atoms with Gasteiger partial charge in [-0.05, 0) is 40.0 Å². The largest absolute Gasteiger partial charge is 0.481 e. The fourth-order valence-corrected chi connectivity index (χ4v) is 2.47. The highest BCUT2D eigenvalue weighted by atomic mass is 16.4. The maximum absolute atomic E-state index is 11.6. The third-order valence-electron chi connectivity index (χ3n) is 3.32. The molecule has 0 aromatic rings. The van der Waals surface area contributed by atoms with Crippen molar-refractivity contribution in [3.05, 3.63) is 0 Å². The Kier molecular flexibility index (Phi) is 5.79. The average molecular weight is 270 g/mol. The average Bonchev–Trinajstić information content (AvgIpc) is 2.27. The number of carboxylic acid groups (broad SMARTS) is 1. The zero-order valence-electron chi connectivity index (χ0n) is 12.2. The molecule has 5 nitrogen and oxygen atoms in total. The van der Waals surface area contributed by atoms with Gasteiger partial charge in [0.2, 0.25) is 5.91 Å². The smallest absolute Gasteiger partial charge is 0.306 e. The second-order valence-electron chi connectivity index (χ2n) is 6.40. The van der Waals surface area contributed by atoms with E-state index in [1.54, 1.807) is 0 Å². The van der Waals surface area contributed by atoms with E-state index in [1.807, 2.05) is 20.8 Å². The fourth-order valence-electron chi connectivity index (χ4n) is 2.47. The summed E-state index contributed by atoms with van der Waals surface area (Å²) in [4.78, 5) is 22.6. The van der Waals surface area contributed by atoms with Gasteiger partial charge in [0.15, 0.2) is 0 Å². The molecule has 1 aliphatic rings. The van der Waals surface area contributed by atoms with Crippen LogP contribution in [0.3, 0.4) is 0 Å². The molecule has 1 rings (SSSR count). The monoisotopic (exact) mass is 270 g/mol. The van der Waals surface area contributed by atoms with Gasteiger partial charge in [-0.1, -0.05) is 6.42 Å². The van der Waals surface area contributed by atoms with Gasteiger partial charge in [0.05, 0.1) is 5.92 Å². The lowest BCUT2D eigenvalue weighted by molar-refractivity contribution is -0.143. The van der Waals surface area contributed by atoms with E-state index in [0.717, 1.165) is 19.3 Å². The molecule has 0 heterocycles. The Balaban J connectivity index is 2.22. The molecule has 1 amide bonds. The summed E-state index contributed by atoms with van der Waals surface area (Å²) < 4.78 is 0. The number of rotatable bonds is 5. The number of carbonyl (C=O) groups is 2. The van der Waals surface area contributed by atoms with Gasteiger partial charge in [0.25, 0.3) is 0 Å². The molecule has 19 heavy (non-hydrogen) atoms. The molecule has 0 aromatic carbocycles. The summed E-state index contributed by atoms with van der Waals surface area (Å²) in [6, 6.07) is 0.234. The maximum atomic E-state index is 11.6. The van der Waals surface area contributed by atoms with Crippen molar-refractivity contribution in [1.29, 1.82) is 0 Å². The molecule has 1 saturated carbocycles. The fraction of sp³-hybridized carbons (Fsp3) is 0.857. The van der Waals surface area contributed by atoms with Crippen molar-refractivity contribution in [2.75, 3.05) is 6.54 Å². The molecule has 0 aromatic heterocycles. The Morgan fingerprint density at radius 1 is 1.26 bits per heavy atom. The molecular formula is C14H26N2O3. The van der Waals surface area contributed by atoms with E-state index >= 15 is 0 Å². The first-order valence-corrected chi connectivity index (χ1v) is 7.05. The van der Waals surface area contributed by atoms with Crippen LogP contribution in [0.15, 0.2) is 0 Å². The molecule has 2 atom stereocenters. The predicted molar refractivity (Wildman–Crippen MR) is 73.9 cm³/mol. The number of hydrogen-bond acceptors (Lipinski definition) is 3. The van der Waals surface area contributed by atoms with Crippen molar-refractivity contribution >= 4 is 11.9 Å². The van der Waals surface area contributed by atoms with Gasteiger partial charge < -0.3 is 15.7 Å². The summed E-state index contributed by atoms with van der Waals surface area (Å²) in [7, 11) is 0. The lowest BCUT2D eigenvalue weighted by atomic mass is 9.86. The number of carboxylic acids is 1. The second kappa shape index (κ2) is 6.89. The van der Waals surface area contributed by atoms with E-state index in [4.69, 9.17) is 5.11 Å². The molecule has 2 unspecified atom stereocenters. The van der Waals surface area contributed by atoms with Crippen molar-refractivity contribution in [3.8, 4) is 0 Å². The van der Waals surface area contributed by atoms with E-state index in [1.165, 1.54) is 0 Å². The minimum Gasteiger partial charge on any atom is -0.481 e. The number of amides is 1. The summed E-state index contributed by atoms with van der Waals surface area (Å²) in [5, 5.41) is 15.2. The number of aliphatic carboxylic acids is 1. The van der Waals surface area contributed by atoms with Crippen LogP contribution in [0.1, 0.15) is 52.9 Å². The van der Waals surface area contributed by atoms with Crippen LogP contribution in [0, 0.1) is 5.92 Å². The molecular weight excluding hydrogens is 244 g/mol. The van der Waals surface area contributed by atoms with Crippen LogP contribution < -0.4 is 10.6 Å². The van der Waals surface area contributed by atoms with Crippen molar-refractivity contribution in [2.45, 2.75) is 64.5 Å². The highest BCUT2D eigenvalue weighted by molar-refractivity contribution is 5.76. The highest BCUT2D eigenvalue weighted by Crippen LogP contribution is 2.24. The second-order valence-corrected chi connectivity index (χ2v) is 6.40. The third-order valence-corrected chi connectivity index (χ3v) is 3.32. The number of nitrogens with one attached hydrogen (secondary N) is 2. The zero-order valence-corrected chi connectivity index (χ0v) is 12.2. The molecule has 110 valence electrons. The highest BCUT2D eigenvalue weighted by Gasteiger charge is 2.26. The van der Waals surface area contributed by atoms with Crippen LogP contribution in [0.5, 0.6) is 0 Å². The standard InChI is InChI=1S/C14H26N2O3/c1-14(2,3)16-12(17)7-8-15-11-6-4-5-10(9-11)13(18)19/h10-11,15H,4-9H2,1-3H3,(H,16,17)(H,18,19). The Morgan fingerprint density at radius 3 is 2.53 bits per heavy atom. The Labute approximate surface area is 115 Å². The van der Waals surface area contributed by atoms with Crippen LogP contribution in [0.25, 0.3) is 0 Å². The maximum Gasteiger partial charge on any atom is 0.306 e. The molecule has 0 spiro atoms. The van der Waals surface area contributed by atoms with Gasteiger partial charge >= 0.3 is 5.97 Å². The molecule has 1 fully saturated rings. The van der Waals surface area contributed by atoms with Gasteiger partial charge in [-0.15, -0.1) is 0 Å². The Morgan fingerprint density at radius 2 is 1.95 bits per heavy atom. The first-order valence-electron chi connectivity index (χ1n) is 7.05. The van der Waals surface area contributed by atoms with Crippen LogP contribution >= 0.6 is 0 Å². The molecule has 0 radical (unpaired) electrons. The lowest BCUT2D eigenvalue weighted by Crippen LogP contribution is -2.43. The molecule has 5 heteroatoms. The predicted octanol–water partition coefficient (Wildman–Crippen LogP) is 1.52. The normalized spacial score (nSPS) is 23.9. The Bertz CT molecular complexity index is 323. The van der Waals surface area contributed by atoms with Gasteiger partial charge in [-0.3, -0.25) is 9.59 Å². The molecule has 3 N–H and O–H groups in total. The van der Waals surface area contributed by atoms with Crippen LogP contribution in [-0.4, -0.2) is 35.1 Å². The van der Waals surface area contributed by atoms with Gasteiger partial charge in [-0.25, -0.2) is 0 Å². The minimum absolute atomic E-state index is 0.0330. The van der Waals surface area contributed by atoms with E-state index in [-0.39, 0.29) is 23.4 Å². The van der Waals surface area contributed by atoms with Crippen LogP contribution in [-0.2, 0) is 9.59 Å². The summed E-state index contributed by atoms with van der Waals surface area (Å²) in [6.45, 7) is 6.48. The van der Waals surface area contributed by atoms with Crippen molar-refractivity contribution < 1.29 is 14.7 Å². The van der Waals surface area contributed by atoms with Gasteiger partial charge in [0, 0.05) is 24.5 Å². The first kappa shape index (κ1) is 16.0. The zero-order chi connectivity index (χ0) is 14.5. The van der Waals surface area contributed by atoms with E-state index in [2.05, 4.69) is 10.6 Å². The first-order chi connectivity index (χ1) is 8.78. The molecule has 0 bridgehead atoms.